The molecule has 4 nitrogen and oxygen atoms in total. The van der Waals surface area contributed by atoms with Crippen LogP contribution in [0.3, 0.4) is 0 Å². The van der Waals surface area contributed by atoms with Crippen LogP contribution in [0, 0.1) is 11.2 Å². The van der Waals surface area contributed by atoms with Gasteiger partial charge in [-0.3, -0.25) is 5.41 Å². The van der Waals surface area contributed by atoms with E-state index in [-0.39, 0.29) is 5.82 Å². The second-order valence-electron chi connectivity index (χ2n) is 6.95. The van der Waals surface area contributed by atoms with Gasteiger partial charge in [0.25, 0.3) is 0 Å². The van der Waals surface area contributed by atoms with Crippen molar-refractivity contribution in [2.24, 2.45) is 0 Å². The smallest absolute Gasteiger partial charge is 0.203 e. The molecular weight excluding hydrogens is 424 g/mol. The van der Waals surface area contributed by atoms with E-state index in [0.29, 0.717) is 47.5 Å². The fourth-order valence-electron chi connectivity index (χ4n) is 3.45. The molecular formula is C23H20Cl2FN3O. The molecule has 1 N–H and O–H groups in total. The van der Waals surface area contributed by atoms with Crippen molar-refractivity contribution in [1.82, 2.24) is 9.13 Å². The lowest BCUT2D eigenvalue weighted by atomic mass is 10.2. The largest absolute Gasteiger partial charge is 0.494 e. The van der Waals surface area contributed by atoms with Crippen LogP contribution in [0.5, 0.6) is 5.75 Å². The summed E-state index contributed by atoms with van der Waals surface area (Å²) in [6.07, 6.45) is 0.717. The molecule has 7 heteroatoms. The third-order valence-electron chi connectivity index (χ3n) is 4.91. The molecule has 154 valence electrons. The molecule has 4 aromatic rings. The van der Waals surface area contributed by atoms with Crippen LogP contribution in [-0.4, -0.2) is 15.7 Å². The fourth-order valence-corrected chi connectivity index (χ4v) is 3.77. The van der Waals surface area contributed by atoms with Crippen molar-refractivity contribution < 1.29 is 9.13 Å². The van der Waals surface area contributed by atoms with Crippen LogP contribution in [0.1, 0.15) is 12.0 Å². The van der Waals surface area contributed by atoms with E-state index in [9.17, 15) is 4.39 Å². The average molecular weight is 444 g/mol. The van der Waals surface area contributed by atoms with Crippen LogP contribution in [0.2, 0.25) is 10.0 Å². The Kier molecular flexibility index (Phi) is 6.11. The van der Waals surface area contributed by atoms with Gasteiger partial charge in [-0.1, -0.05) is 41.4 Å². The van der Waals surface area contributed by atoms with Gasteiger partial charge >= 0.3 is 0 Å². The van der Waals surface area contributed by atoms with E-state index in [0.717, 1.165) is 16.6 Å². The first-order valence-corrected chi connectivity index (χ1v) is 10.3. The molecule has 0 spiro atoms. The number of aromatic nitrogens is 2. The van der Waals surface area contributed by atoms with Crippen molar-refractivity contribution in [3.8, 4) is 5.75 Å². The Hall–Kier alpha value is -2.76. The fraction of sp³-hybridized carbons (Fsp3) is 0.174. The van der Waals surface area contributed by atoms with E-state index in [1.807, 2.05) is 45.5 Å². The van der Waals surface area contributed by atoms with E-state index < -0.39 is 0 Å². The Morgan fingerprint density at radius 2 is 1.57 bits per heavy atom. The highest BCUT2D eigenvalue weighted by atomic mass is 35.5. The Balaban J connectivity index is 1.53. The van der Waals surface area contributed by atoms with Crippen molar-refractivity contribution in [1.29, 1.82) is 5.41 Å². The summed E-state index contributed by atoms with van der Waals surface area (Å²) >= 11 is 12.2. The minimum Gasteiger partial charge on any atom is -0.494 e. The SMILES string of the molecule is N=c1n(CCCOc2ccc(F)cc2)c2ccccc2n1Cc1ccc(Cl)c(Cl)c1. The number of halogens is 3. The molecule has 30 heavy (non-hydrogen) atoms. The number of para-hydroxylation sites is 2. The summed E-state index contributed by atoms with van der Waals surface area (Å²) in [5.74, 6) is 0.348. The topological polar surface area (TPSA) is 42.9 Å². The number of nitrogens with zero attached hydrogens (tertiary/aromatic N) is 2. The molecule has 0 aliphatic heterocycles. The van der Waals surface area contributed by atoms with Crippen LogP contribution in [0.4, 0.5) is 4.39 Å². The molecule has 0 saturated heterocycles. The first-order chi connectivity index (χ1) is 14.5. The quantitative estimate of drug-likeness (QED) is 0.355. The van der Waals surface area contributed by atoms with Gasteiger partial charge in [-0.25, -0.2) is 4.39 Å². The van der Waals surface area contributed by atoms with Gasteiger partial charge in [-0.05, 0) is 60.5 Å². The molecule has 4 rings (SSSR count). The van der Waals surface area contributed by atoms with E-state index >= 15 is 0 Å². The molecule has 0 saturated carbocycles. The zero-order valence-electron chi connectivity index (χ0n) is 16.1. The van der Waals surface area contributed by atoms with Gasteiger partial charge in [0.05, 0.1) is 34.2 Å². The van der Waals surface area contributed by atoms with Crippen molar-refractivity contribution in [3.63, 3.8) is 0 Å². The van der Waals surface area contributed by atoms with Gasteiger partial charge in [0, 0.05) is 6.54 Å². The highest BCUT2D eigenvalue weighted by Crippen LogP contribution is 2.23. The number of imidazole rings is 1. The predicted octanol–water partition coefficient (Wildman–Crippen LogP) is 5.89. The number of benzene rings is 3. The van der Waals surface area contributed by atoms with Crippen LogP contribution < -0.4 is 10.4 Å². The van der Waals surface area contributed by atoms with Gasteiger partial charge in [-0.15, -0.1) is 0 Å². The van der Waals surface area contributed by atoms with Crippen LogP contribution in [-0.2, 0) is 13.1 Å². The van der Waals surface area contributed by atoms with E-state index in [1.165, 1.54) is 12.1 Å². The number of fused-ring (bicyclic) bond motifs is 1. The summed E-state index contributed by atoms with van der Waals surface area (Å²) in [6.45, 7) is 1.63. The number of hydrogen-bond acceptors (Lipinski definition) is 2. The molecule has 1 aromatic heterocycles. The third kappa shape index (κ3) is 4.37. The molecule has 1 heterocycles. The number of rotatable bonds is 7. The van der Waals surface area contributed by atoms with Gasteiger partial charge < -0.3 is 13.9 Å². The number of aryl methyl sites for hydroxylation is 1. The van der Waals surface area contributed by atoms with Crippen molar-refractivity contribution in [2.45, 2.75) is 19.5 Å². The first kappa shape index (κ1) is 20.5. The maximum atomic E-state index is 13.0. The maximum Gasteiger partial charge on any atom is 0.203 e. The van der Waals surface area contributed by atoms with Crippen LogP contribution in [0.15, 0.2) is 66.7 Å². The minimum absolute atomic E-state index is 0.286. The summed E-state index contributed by atoms with van der Waals surface area (Å²) in [7, 11) is 0. The summed E-state index contributed by atoms with van der Waals surface area (Å²) in [6, 6.07) is 19.5. The van der Waals surface area contributed by atoms with Crippen LogP contribution in [0.25, 0.3) is 11.0 Å². The Morgan fingerprint density at radius 3 is 2.27 bits per heavy atom. The second kappa shape index (κ2) is 8.94. The average Bonchev–Trinajstić information content (AvgIpc) is 3.01. The molecule has 0 unspecified atom stereocenters. The molecule has 0 amide bonds. The summed E-state index contributed by atoms with van der Waals surface area (Å²) in [5.41, 5.74) is 3.35. The van der Waals surface area contributed by atoms with Gasteiger partial charge in [0.15, 0.2) is 0 Å². The maximum absolute atomic E-state index is 13.0. The Morgan fingerprint density at radius 1 is 0.867 bits per heavy atom. The van der Waals surface area contributed by atoms with Crippen molar-refractivity contribution >= 4 is 34.2 Å². The highest BCUT2D eigenvalue weighted by molar-refractivity contribution is 6.42. The van der Waals surface area contributed by atoms with E-state index in [2.05, 4.69) is 0 Å². The van der Waals surface area contributed by atoms with Gasteiger partial charge in [-0.2, -0.15) is 0 Å². The molecule has 3 aromatic carbocycles. The molecule has 0 aliphatic carbocycles. The molecule has 0 aliphatic rings. The minimum atomic E-state index is -0.286. The lowest BCUT2D eigenvalue weighted by Gasteiger charge is -2.08. The zero-order chi connectivity index (χ0) is 21.1. The van der Waals surface area contributed by atoms with E-state index in [4.69, 9.17) is 33.3 Å². The Labute approximate surface area is 183 Å². The lowest BCUT2D eigenvalue weighted by Crippen LogP contribution is -2.25. The third-order valence-corrected chi connectivity index (χ3v) is 5.65. The van der Waals surface area contributed by atoms with E-state index in [1.54, 1.807) is 18.2 Å². The zero-order valence-corrected chi connectivity index (χ0v) is 17.6. The number of hydrogen-bond donors (Lipinski definition) is 1. The standard InChI is InChI=1S/C23H20Cl2FN3O/c24-19-11-6-16(14-20(19)25)15-29-22-5-2-1-4-21(22)28(23(29)27)12-3-13-30-18-9-7-17(26)8-10-18/h1-2,4-11,14,27H,3,12-13,15H2. The summed E-state index contributed by atoms with van der Waals surface area (Å²) < 4.78 is 22.6. The molecule has 0 bridgehead atoms. The molecule has 0 atom stereocenters. The monoisotopic (exact) mass is 443 g/mol. The van der Waals surface area contributed by atoms with Crippen molar-refractivity contribution in [3.05, 3.63) is 93.8 Å². The highest BCUT2D eigenvalue weighted by Gasteiger charge is 2.11. The predicted molar refractivity (Wildman–Crippen MR) is 118 cm³/mol. The van der Waals surface area contributed by atoms with Gasteiger partial charge in [0.2, 0.25) is 5.62 Å². The molecule has 0 radical (unpaired) electrons. The summed E-state index contributed by atoms with van der Waals surface area (Å²) in [4.78, 5) is 0. The van der Waals surface area contributed by atoms with Crippen molar-refractivity contribution in [2.75, 3.05) is 6.61 Å². The van der Waals surface area contributed by atoms with Gasteiger partial charge in [0.1, 0.15) is 11.6 Å². The van der Waals surface area contributed by atoms with Crippen LogP contribution >= 0.6 is 23.2 Å². The Bertz CT molecular complexity index is 1230. The lowest BCUT2D eigenvalue weighted by molar-refractivity contribution is 0.300. The molecule has 0 fully saturated rings. The number of nitrogens with one attached hydrogen (secondary N) is 1. The second-order valence-corrected chi connectivity index (χ2v) is 7.77. The number of ether oxygens (including phenoxy) is 1. The summed E-state index contributed by atoms with van der Waals surface area (Å²) in [5, 5.41) is 9.74. The first-order valence-electron chi connectivity index (χ1n) is 9.58. The normalized spacial score (nSPS) is 11.2.